The number of hydrogen-bond acceptors (Lipinski definition) is 6. The topological polar surface area (TPSA) is 97.2 Å². The molecule has 8 nitrogen and oxygen atoms in total. The summed E-state index contributed by atoms with van der Waals surface area (Å²) >= 11 is 1.55. The van der Waals surface area contributed by atoms with Crippen molar-refractivity contribution in [2.75, 3.05) is 18.4 Å². The third-order valence-corrected chi connectivity index (χ3v) is 7.30. The van der Waals surface area contributed by atoms with Crippen LogP contribution in [-0.4, -0.2) is 46.3 Å². The predicted octanol–water partition coefficient (Wildman–Crippen LogP) is 2.07. The maximum atomic E-state index is 12.6. The molecular weight excluding hydrogens is 386 g/mol. The molecule has 3 aromatic rings. The minimum Gasteiger partial charge on any atom is -0.339 e. The molecule has 0 aliphatic carbocycles. The van der Waals surface area contributed by atoms with E-state index in [0.29, 0.717) is 31.6 Å². The molecule has 27 heavy (non-hydrogen) atoms. The summed E-state index contributed by atoms with van der Waals surface area (Å²) in [5.74, 6) is -0.300. The van der Waals surface area contributed by atoms with Gasteiger partial charge in [0.15, 0.2) is 5.03 Å². The van der Waals surface area contributed by atoms with E-state index in [4.69, 9.17) is 0 Å². The van der Waals surface area contributed by atoms with E-state index >= 15 is 0 Å². The Morgan fingerprint density at radius 1 is 1.26 bits per heavy atom. The van der Waals surface area contributed by atoms with E-state index in [-0.39, 0.29) is 16.9 Å². The fourth-order valence-corrected chi connectivity index (χ4v) is 5.29. The molecule has 2 aromatic heterocycles. The minimum atomic E-state index is -3.60. The van der Waals surface area contributed by atoms with E-state index in [1.54, 1.807) is 28.5 Å². The van der Waals surface area contributed by atoms with Crippen molar-refractivity contribution in [2.45, 2.75) is 17.9 Å². The van der Waals surface area contributed by atoms with E-state index in [1.165, 1.54) is 16.8 Å². The highest BCUT2D eigenvalue weighted by molar-refractivity contribution is 7.89. The van der Waals surface area contributed by atoms with Crippen LogP contribution < -0.4 is 5.32 Å². The summed E-state index contributed by atoms with van der Waals surface area (Å²) in [4.78, 5) is 20.8. The molecule has 0 bridgehead atoms. The molecule has 0 saturated carbocycles. The van der Waals surface area contributed by atoms with Crippen LogP contribution in [0.2, 0.25) is 0 Å². The van der Waals surface area contributed by atoms with Gasteiger partial charge in [0, 0.05) is 37.9 Å². The number of amides is 1. The van der Waals surface area contributed by atoms with Gasteiger partial charge in [0.05, 0.1) is 22.1 Å². The number of hydrogen-bond donors (Lipinski definition) is 1. The molecule has 0 atom stereocenters. The zero-order chi connectivity index (χ0) is 19.0. The van der Waals surface area contributed by atoms with Crippen molar-refractivity contribution in [3.05, 3.63) is 36.2 Å². The average Bonchev–Trinajstić information content (AvgIpc) is 3.30. The highest BCUT2D eigenvalue weighted by atomic mass is 32.2. The second-order valence-corrected chi connectivity index (χ2v) is 9.35. The number of carbonyl (C=O) groups excluding carboxylic acids is 1. The third-order valence-electron chi connectivity index (χ3n) is 4.71. The molecule has 1 aliphatic rings. The van der Waals surface area contributed by atoms with Gasteiger partial charge in [-0.15, -0.1) is 11.3 Å². The maximum Gasteiger partial charge on any atom is 0.262 e. The van der Waals surface area contributed by atoms with E-state index in [1.807, 2.05) is 18.2 Å². The van der Waals surface area contributed by atoms with E-state index in [9.17, 15) is 13.2 Å². The number of piperidine rings is 1. The Morgan fingerprint density at radius 3 is 2.74 bits per heavy atom. The largest absolute Gasteiger partial charge is 0.339 e. The van der Waals surface area contributed by atoms with Crippen LogP contribution in [0.25, 0.3) is 10.2 Å². The van der Waals surface area contributed by atoms with Crippen LogP contribution >= 0.6 is 11.3 Å². The fourth-order valence-electron chi connectivity index (χ4n) is 3.19. The standard InChI is InChI=1S/C17H19N5O3S2/c1-21-9-16(18-10-21)27(24,25)22-6-4-12(5-7-22)17(23)20-13-2-3-15-14(8-13)19-11-26-15/h2-3,8-12H,4-7H2,1H3,(H,20,23). The lowest BCUT2D eigenvalue weighted by Gasteiger charge is -2.29. The lowest BCUT2D eigenvalue weighted by Crippen LogP contribution is -2.41. The first-order valence-electron chi connectivity index (χ1n) is 8.56. The van der Waals surface area contributed by atoms with Crippen LogP contribution in [-0.2, 0) is 21.9 Å². The molecule has 3 heterocycles. The number of aryl methyl sites for hydroxylation is 1. The van der Waals surface area contributed by atoms with Crippen molar-refractivity contribution in [1.29, 1.82) is 0 Å². The quantitative estimate of drug-likeness (QED) is 0.717. The van der Waals surface area contributed by atoms with Crippen molar-refractivity contribution in [3.63, 3.8) is 0 Å². The monoisotopic (exact) mass is 405 g/mol. The summed E-state index contributed by atoms with van der Waals surface area (Å²) in [7, 11) is -1.88. The Balaban J connectivity index is 1.39. The van der Waals surface area contributed by atoms with Crippen LogP contribution in [0.4, 0.5) is 5.69 Å². The summed E-state index contributed by atoms with van der Waals surface area (Å²) in [5.41, 5.74) is 3.34. The van der Waals surface area contributed by atoms with Gasteiger partial charge < -0.3 is 9.88 Å². The second kappa shape index (κ2) is 7.02. The lowest BCUT2D eigenvalue weighted by molar-refractivity contribution is -0.120. The summed E-state index contributed by atoms with van der Waals surface area (Å²) < 4.78 is 29.3. The number of anilines is 1. The number of nitrogens with zero attached hydrogens (tertiary/aromatic N) is 4. The van der Waals surface area contributed by atoms with Gasteiger partial charge >= 0.3 is 0 Å². The normalized spacial score (nSPS) is 16.6. The number of aromatic nitrogens is 3. The molecule has 1 saturated heterocycles. The Labute approximate surface area is 160 Å². The maximum absolute atomic E-state index is 12.6. The molecule has 1 amide bonds. The third kappa shape index (κ3) is 3.60. The Bertz CT molecular complexity index is 1080. The van der Waals surface area contributed by atoms with Gasteiger partial charge in [-0.25, -0.2) is 18.4 Å². The first-order chi connectivity index (χ1) is 12.9. The molecule has 0 radical (unpaired) electrons. The Morgan fingerprint density at radius 2 is 2.04 bits per heavy atom. The van der Waals surface area contributed by atoms with Crippen molar-refractivity contribution in [1.82, 2.24) is 18.8 Å². The molecule has 1 aliphatic heterocycles. The summed E-state index contributed by atoms with van der Waals surface area (Å²) in [5, 5.41) is 2.97. The Kier molecular flexibility index (Phi) is 4.70. The SMILES string of the molecule is Cn1cnc(S(=O)(=O)N2CCC(C(=O)Nc3ccc4scnc4c3)CC2)c1. The van der Waals surface area contributed by atoms with E-state index in [2.05, 4.69) is 15.3 Å². The molecule has 4 rings (SSSR count). The number of thiazole rings is 1. The van der Waals surface area contributed by atoms with E-state index in [0.717, 1.165) is 10.2 Å². The zero-order valence-electron chi connectivity index (χ0n) is 14.7. The van der Waals surface area contributed by atoms with Crippen LogP contribution in [0, 0.1) is 5.92 Å². The fraction of sp³-hybridized carbons (Fsp3) is 0.353. The van der Waals surface area contributed by atoms with Crippen molar-refractivity contribution >= 4 is 43.2 Å². The minimum absolute atomic E-state index is 0.0458. The first kappa shape index (κ1) is 18.1. The summed E-state index contributed by atoms with van der Waals surface area (Å²) in [6.07, 6.45) is 3.92. The molecule has 1 fully saturated rings. The number of sulfonamides is 1. The highest BCUT2D eigenvalue weighted by Crippen LogP contribution is 2.26. The average molecular weight is 406 g/mol. The van der Waals surface area contributed by atoms with Gasteiger partial charge in [0.1, 0.15) is 0 Å². The summed E-state index contributed by atoms with van der Waals surface area (Å²) in [6.45, 7) is 0.615. The van der Waals surface area contributed by atoms with Gasteiger partial charge in [-0.3, -0.25) is 4.79 Å². The first-order valence-corrected chi connectivity index (χ1v) is 10.9. The lowest BCUT2D eigenvalue weighted by atomic mass is 9.97. The zero-order valence-corrected chi connectivity index (χ0v) is 16.3. The molecule has 0 spiro atoms. The van der Waals surface area contributed by atoms with Crippen molar-refractivity contribution < 1.29 is 13.2 Å². The highest BCUT2D eigenvalue weighted by Gasteiger charge is 2.33. The summed E-state index contributed by atoms with van der Waals surface area (Å²) in [6, 6.07) is 5.65. The number of fused-ring (bicyclic) bond motifs is 1. The number of carbonyl (C=O) groups is 1. The molecule has 1 aromatic carbocycles. The van der Waals surface area contributed by atoms with Crippen molar-refractivity contribution in [2.24, 2.45) is 13.0 Å². The van der Waals surface area contributed by atoms with Gasteiger partial charge in [-0.2, -0.15) is 4.31 Å². The number of benzene rings is 1. The van der Waals surface area contributed by atoms with Gasteiger partial charge in [-0.1, -0.05) is 0 Å². The van der Waals surface area contributed by atoms with Gasteiger partial charge in [0.25, 0.3) is 10.0 Å². The second-order valence-electron chi connectivity index (χ2n) is 6.58. The van der Waals surface area contributed by atoms with Crippen molar-refractivity contribution in [3.8, 4) is 0 Å². The number of rotatable bonds is 4. The van der Waals surface area contributed by atoms with Gasteiger partial charge in [0.2, 0.25) is 5.91 Å². The Hall–Kier alpha value is -2.30. The van der Waals surface area contributed by atoms with Crippen LogP contribution in [0.5, 0.6) is 0 Å². The smallest absolute Gasteiger partial charge is 0.262 e. The molecule has 0 unspecified atom stereocenters. The molecule has 142 valence electrons. The van der Waals surface area contributed by atoms with Crippen LogP contribution in [0.15, 0.2) is 41.3 Å². The van der Waals surface area contributed by atoms with E-state index < -0.39 is 10.0 Å². The number of nitrogens with one attached hydrogen (secondary N) is 1. The van der Waals surface area contributed by atoms with Crippen LogP contribution in [0.1, 0.15) is 12.8 Å². The van der Waals surface area contributed by atoms with Crippen LogP contribution in [0.3, 0.4) is 0 Å². The predicted molar refractivity (Wildman–Crippen MR) is 103 cm³/mol. The number of imidazole rings is 1. The molecule has 10 heteroatoms. The molecular formula is C17H19N5O3S2. The molecule has 1 N–H and O–H groups in total. The van der Waals surface area contributed by atoms with Gasteiger partial charge in [-0.05, 0) is 31.0 Å².